The summed E-state index contributed by atoms with van der Waals surface area (Å²) in [5.41, 5.74) is 0.845. The molecule has 14 heavy (non-hydrogen) atoms. The topological polar surface area (TPSA) is 38.3 Å². The van der Waals surface area contributed by atoms with Gasteiger partial charge in [-0.2, -0.15) is 0 Å². The average molecular weight is 214 g/mol. The summed E-state index contributed by atoms with van der Waals surface area (Å²) >= 11 is 5.88. The molecule has 0 fully saturated rings. The van der Waals surface area contributed by atoms with E-state index in [0.717, 1.165) is 5.56 Å². The van der Waals surface area contributed by atoms with E-state index in [0.29, 0.717) is 10.8 Å². The molecule has 1 aromatic carbocycles. The lowest BCUT2D eigenvalue weighted by molar-refractivity contribution is -0.122. The number of nitrogens with one attached hydrogen (secondary N) is 1. The molecule has 0 aromatic heterocycles. The quantitative estimate of drug-likeness (QED) is 0.831. The van der Waals surface area contributed by atoms with Crippen LogP contribution in [0.3, 0.4) is 0 Å². The van der Waals surface area contributed by atoms with Gasteiger partial charge in [0.15, 0.2) is 6.61 Å². The van der Waals surface area contributed by atoms with Crippen molar-refractivity contribution < 1.29 is 9.53 Å². The molecule has 0 saturated carbocycles. The van der Waals surface area contributed by atoms with Gasteiger partial charge in [0.1, 0.15) is 5.75 Å². The zero-order chi connectivity index (χ0) is 10.6. The minimum absolute atomic E-state index is 0.0116. The highest BCUT2D eigenvalue weighted by Gasteiger charge is 2.04. The van der Waals surface area contributed by atoms with Crippen LogP contribution in [0.4, 0.5) is 0 Å². The van der Waals surface area contributed by atoms with Gasteiger partial charge in [-0.25, -0.2) is 0 Å². The summed E-state index contributed by atoms with van der Waals surface area (Å²) < 4.78 is 5.27. The Kier molecular flexibility index (Phi) is 3.77. The fourth-order valence-corrected chi connectivity index (χ4v) is 1.13. The normalized spacial score (nSPS) is 9.64. The Morgan fingerprint density at radius 2 is 2.29 bits per heavy atom. The number of amides is 1. The zero-order valence-corrected chi connectivity index (χ0v) is 8.89. The summed E-state index contributed by atoms with van der Waals surface area (Å²) in [4.78, 5) is 10.9. The second-order valence-electron chi connectivity index (χ2n) is 2.82. The van der Waals surface area contributed by atoms with Gasteiger partial charge in [-0.3, -0.25) is 4.79 Å². The Bertz CT molecular complexity index is 339. The van der Waals surface area contributed by atoms with Crippen LogP contribution in [0, 0.1) is 6.92 Å². The third-order valence-electron chi connectivity index (χ3n) is 1.86. The first kappa shape index (κ1) is 10.9. The Morgan fingerprint density at radius 1 is 1.57 bits per heavy atom. The third-order valence-corrected chi connectivity index (χ3v) is 2.27. The van der Waals surface area contributed by atoms with E-state index in [1.165, 1.54) is 0 Å². The summed E-state index contributed by atoms with van der Waals surface area (Å²) in [7, 11) is 1.57. The smallest absolute Gasteiger partial charge is 0.257 e. The van der Waals surface area contributed by atoms with Gasteiger partial charge in [0, 0.05) is 17.6 Å². The highest BCUT2D eigenvalue weighted by Crippen LogP contribution is 2.24. The van der Waals surface area contributed by atoms with E-state index in [1.807, 2.05) is 6.92 Å². The van der Waals surface area contributed by atoms with Crippen LogP contribution < -0.4 is 10.1 Å². The number of ether oxygens (including phenoxy) is 1. The molecule has 0 heterocycles. The van der Waals surface area contributed by atoms with Crippen molar-refractivity contribution in [2.24, 2.45) is 0 Å². The number of halogens is 1. The summed E-state index contributed by atoms with van der Waals surface area (Å²) in [6.45, 7) is 1.86. The monoisotopic (exact) mass is 213 g/mol. The molecule has 0 atom stereocenters. The van der Waals surface area contributed by atoms with E-state index >= 15 is 0 Å². The van der Waals surface area contributed by atoms with Crippen molar-refractivity contribution in [1.82, 2.24) is 5.32 Å². The maximum absolute atomic E-state index is 10.9. The first-order valence-corrected chi connectivity index (χ1v) is 4.61. The van der Waals surface area contributed by atoms with E-state index < -0.39 is 0 Å². The zero-order valence-electron chi connectivity index (χ0n) is 8.13. The largest absolute Gasteiger partial charge is 0.483 e. The van der Waals surface area contributed by atoms with Gasteiger partial charge in [-0.05, 0) is 19.1 Å². The minimum atomic E-state index is -0.163. The molecule has 1 aromatic rings. The SMILES string of the molecule is CNC(=O)COc1cccc(Cl)c1C. The van der Waals surface area contributed by atoms with Crippen molar-refractivity contribution in [1.29, 1.82) is 0 Å². The highest BCUT2D eigenvalue weighted by atomic mass is 35.5. The molecule has 3 nitrogen and oxygen atoms in total. The second-order valence-corrected chi connectivity index (χ2v) is 3.23. The van der Waals surface area contributed by atoms with Crippen molar-refractivity contribution >= 4 is 17.5 Å². The summed E-state index contributed by atoms with van der Waals surface area (Å²) in [6, 6.07) is 5.35. The first-order chi connectivity index (χ1) is 6.65. The van der Waals surface area contributed by atoms with Gasteiger partial charge in [-0.15, -0.1) is 0 Å². The van der Waals surface area contributed by atoms with Crippen molar-refractivity contribution in [2.75, 3.05) is 13.7 Å². The fourth-order valence-electron chi connectivity index (χ4n) is 0.960. The lowest BCUT2D eigenvalue weighted by atomic mass is 10.2. The van der Waals surface area contributed by atoms with Crippen LogP contribution in [0.15, 0.2) is 18.2 Å². The maximum atomic E-state index is 10.9. The van der Waals surface area contributed by atoms with Crippen LogP contribution in [-0.2, 0) is 4.79 Å². The van der Waals surface area contributed by atoms with Gasteiger partial charge in [0.25, 0.3) is 5.91 Å². The van der Waals surface area contributed by atoms with E-state index in [1.54, 1.807) is 25.2 Å². The Labute approximate surface area is 88.0 Å². The molecule has 0 bridgehead atoms. The number of hydrogen-bond acceptors (Lipinski definition) is 2. The van der Waals surface area contributed by atoms with Gasteiger partial charge < -0.3 is 10.1 Å². The predicted molar refractivity (Wildman–Crippen MR) is 55.8 cm³/mol. The molecule has 0 saturated heterocycles. The van der Waals surface area contributed by atoms with E-state index in [4.69, 9.17) is 16.3 Å². The van der Waals surface area contributed by atoms with Crippen LogP contribution in [0.2, 0.25) is 5.02 Å². The van der Waals surface area contributed by atoms with Crippen LogP contribution in [0.5, 0.6) is 5.75 Å². The molecule has 0 aliphatic rings. The van der Waals surface area contributed by atoms with E-state index in [2.05, 4.69) is 5.32 Å². The predicted octanol–water partition coefficient (Wildman–Crippen LogP) is 1.77. The lowest BCUT2D eigenvalue weighted by Gasteiger charge is -2.08. The van der Waals surface area contributed by atoms with Crippen LogP contribution in [-0.4, -0.2) is 19.6 Å². The third kappa shape index (κ3) is 2.64. The van der Waals surface area contributed by atoms with Gasteiger partial charge in [-0.1, -0.05) is 17.7 Å². The number of hydrogen-bond donors (Lipinski definition) is 1. The number of carbonyl (C=O) groups is 1. The molecule has 0 unspecified atom stereocenters. The number of likely N-dealkylation sites (N-methyl/N-ethyl adjacent to an activating group) is 1. The Balaban J connectivity index is 2.68. The summed E-state index contributed by atoms with van der Waals surface area (Å²) in [5, 5.41) is 3.11. The second kappa shape index (κ2) is 4.86. The average Bonchev–Trinajstić information content (AvgIpc) is 2.20. The van der Waals surface area contributed by atoms with Crippen LogP contribution >= 0.6 is 11.6 Å². The van der Waals surface area contributed by atoms with Crippen LogP contribution in [0.1, 0.15) is 5.56 Å². The van der Waals surface area contributed by atoms with Crippen molar-refractivity contribution in [3.63, 3.8) is 0 Å². The molecule has 0 radical (unpaired) electrons. The molecule has 0 spiro atoms. The highest BCUT2D eigenvalue weighted by molar-refractivity contribution is 6.31. The first-order valence-electron chi connectivity index (χ1n) is 4.23. The number of benzene rings is 1. The lowest BCUT2D eigenvalue weighted by Crippen LogP contribution is -2.24. The molecule has 0 aliphatic heterocycles. The molecule has 0 aliphatic carbocycles. The van der Waals surface area contributed by atoms with E-state index in [9.17, 15) is 4.79 Å². The number of carbonyl (C=O) groups excluding carboxylic acids is 1. The Morgan fingerprint density at radius 3 is 2.93 bits per heavy atom. The number of rotatable bonds is 3. The molecule has 1 N–H and O–H groups in total. The maximum Gasteiger partial charge on any atom is 0.257 e. The van der Waals surface area contributed by atoms with Gasteiger partial charge in [0.2, 0.25) is 0 Å². The summed E-state index contributed by atoms with van der Waals surface area (Å²) in [5.74, 6) is 0.477. The molecule has 1 amide bonds. The molecule has 4 heteroatoms. The van der Waals surface area contributed by atoms with Crippen molar-refractivity contribution in [3.05, 3.63) is 28.8 Å². The molecular formula is C10H12ClNO2. The summed E-state index contributed by atoms with van der Waals surface area (Å²) in [6.07, 6.45) is 0. The minimum Gasteiger partial charge on any atom is -0.483 e. The van der Waals surface area contributed by atoms with Crippen molar-refractivity contribution in [2.45, 2.75) is 6.92 Å². The standard InChI is InChI=1S/C10H12ClNO2/c1-7-8(11)4-3-5-9(7)14-6-10(13)12-2/h3-5H,6H2,1-2H3,(H,12,13). The molecule has 76 valence electrons. The molecule has 1 rings (SSSR count). The van der Waals surface area contributed by atoms with Gasteiger partial charge >= 0.3 is 0 Å². The van der Waals surface area contributed by atoms with E-state index in [-0.39, 0.29) is 12.5 Å². The fraction of sp³-hybridized carbons (Fsp3) is 0.300. The van der Waals surface area contributed by atoms with Crippen molar-refractivity contribution in [3.8, 4) is 5.75 Å². The van der Waals surface area contributed by atoms with Gasteiger partial charge in [0.05, 0.1) is 0 Å². The molecular weight excluding hydrogens is 202 g/mol. The van der Waals surface area contributed by atoms with Crippen LogP contribution in [0.25, 0.3) is 0 Å². The Hall–Kier alpha value is -1.22.